The van der Waals surface area contributed by atoms with Gasteiger partial charge in [-0.05, 0) is 71.8 Å². The van der Waals surface area contributed by atoms with Crippen molar-refractivity contribution in [1.82, 2.24) is 19.2 Å². The summed E-state index contributed by atoms with van der Waals surface area (Å²) in [5.74, 6) is -1.65. The zero-order valence-electron chi connectivity index (χ0n) is 22.5. The van der Waals surface area contributed by atoms with Crippen molar-refractivity contribution in [1.29, 1.82) is 0 Å². The molecule has 0 aliphatic heterocycles. The number of fused-ring (bicyclic) bond motifs is 1. The molecule has 0 radical (unpaired) electrons. The lowest BCUT2D eigenvalue weighted by Crippen LogP contribution is -2.34. The van der Waals surface area contributed by atoms with Crippen molar-refractivity contribution in [3.63, 3.8) is 0 Å². The smallest absolute Gasteiger partial charge is 0.573 e. The monoisotopic (exact) mass is 619 g/mol. The molecule has 1 atom stereocenters. The quantitative estimate of drug-likeness (QED) is 0.141. The number of benzene rings is 2. The maximum atomic E-state index is 13.6. The maximum Gasteiger partial charge on any atom is 0.573 e. The van der Waals surface area contributed by atoms with Gasteiger partial charge in [0.15, 0.2) is 0 Å². The molecule has 2 aromatic heterocycles. The third-order valence-electron chi connectivity index (χ3n) is 6.98. The van der Waals surface area contributed by atoms with E-state index in [4.69, 9.17) is 0 Å². The summed E-state index contributed by atoms with van der Waals surface area (Å²) in [6.45, 7) is -0.545. The zero-order valence-corrected chi connectivity index (χ0v) is 23.3. The van der Waals surface area contributed by atoms with Gasteiger partial charge in [-0.2, -0.15) is 5.10 Å². The Balaban J connectivity index is 1.54. The summed E-state index contributed by atoms with van der Waals surface area (Å²) in [6.07, 6.45) is -1.85. The number of carbonyl (C=O) groups excluding carboxylic acids is 1. The van der Waals surface area contributed by atoms with Crippen molar-refractivity contribution in [3.8, 4) is 17.0 Å². The topological polar surface area (TPSA) is 139 Å². The summed E-state index contributed by atoms with van der Waals surface area (Å²) < 4.78 is 83.3. The van der Waals surface area contributed by atoms with Crippen molar-refractivity contribution in [2.45, 2.75) is 38.2 Å². The second-order valence-corrected chi connectivity index (χ2v) is 10.9. The van der Waals surface area contributed by atoms with E-state index in [9.17, 15) is 41.2 Å². The minimum Gasteiger partial charge on any atom is -0.760 e. The Labute approximate surface area is 245 Å². The lowest BCUT2D eigenvalue weighted by atomic mass is 9.79. The number of pyridine rings is 1. The predicted octanol–water partition coefficient (Wildman–Crippen LogP) is 2.75. The highest BCUT2D eigenvalue weighted by molar-refractivity contribution is 7.76. The molecule has 1 fully saturated rings. The number of rotatable bonds is 10. The maximum absolute atomic E-state index is 13.6. The molecule has 0 bridgehead atoms. The highest BCUT2D eigenvalue weighted by atomic mass is 32.2. The van der Waals surface area contributed by atoms with Crippen molar-refractivity contribution < 1.29 is 45.9 Å². The first-order chi connectivity index (χ1) is 20.3. The van der Waals surface area contributed by atoms with Crippen LogP contribution < -0.4 is 15.5 Å². The van der Waals surface area contributed by atoms with Crippen LogP contribution in [0.5, 0.6) is 5.75 Å². The van der Waals surface area contributed by atoms with Crippen LogP contribution in [-0.4, -0.2) is 59.2 Å². The van der Waals surface area contributed by atoms with Gasteiger partial charge in [0.2, 0.25) is 0 Å². The molecule has 16 heteroatoms. The molecule has 1 aliphatic carbocycles. The molecule has 1 saturated carbocycles. The summed E-state index contributed by atoms with van der Waals surface area (Å²) in [4.78, 5) is 12.9. The van der Waals surface area contributed by atoms with Gasteiger partial charge in [0, 0.05) is 48.6 Å². The number of nitrogens with zero attached hydrogens (tertiary/aromatic N) is 3. The van der Waals surface area contributed by atoms with Crippen LogP contribution in [0.4, 0.5) is 17.6 Å². The van der Waals surface area contributed by atoms with Crippen LogP contribution in [0.3, 0.4) is 0 Å². The van der Waals surface area contributed by atoms with Gasteiger partial charge >= 0.3 is 13.5 Å². The summed E-state index contributed by atoms with van der Waals surface area (Å²) >= 11 is -2.83. The fourth-order valence-corrected chi connectivity index (χ4v) is 5.37. The Hall–Kier alpha value is -3.83. The first kappa shape index (κ1) is 30.6. The summed E-state index contributed by atoms with van der Waals surface area (Å²) in [6, 6.07) is 10.4. The van der Waals surface area contributed by atoms with Crippen LogP contribution in [0.2, 0.25) is 0 Å². The van der Waals surface area contributed by atoms with Crippen molar-refractivity contribution in [2.24, 2.45) is 0 Å². The molecule has 0 spiro atoms. The van der Waals surface area contributed by atoms with E-state index in [0.717, 1.165) is 34.8 Å². The van der Waals surface area contributed by atoms with Gasteiger partial charge in [-0.1, -0.05) is 12.1 Å². The van der Waals surface area contributed by atoms with E-state index in [1.54, 1.807) is 12.3 Å². The van der Waals surface area contributed by atoms with E-state index < -0.39 is 47.7 Å². The van der Waals surface area contributed by atoms with Crippen LogP contribution in [-0.2, 0) is 24.4 Å². The molecule has 1 aliphatic rings. The van der Waals surface area contributed by atoms with Crippen LogP contribution in [0.25, 0.3) is 16.8 Å². The number of carbonyl (C=O) groups is 1. The van der Waals surface area contributed by atoms with E-state index in [-0.39, 0.29) is 30.1 Å². The van der Waals surface area contributed by atoms with E-state index in [1.165, 1.54) is 41.9 Å². The Morgan fingerprint density at radius 3 is 2.47 bits per heavy atom. The van der Waals surface area contributed by atoms with E-state index in [0.29, 0.717) is 22.3 Å². The average Bonchev–Trinajstić information content (AvgIpc) is 3.71. The van der Waals surface area contributed by atoms with Crippen LogP contribution in [0.1, 0.15) is 45.8 Å². The average molecular weight is 619 g/mol. The van der Waals surface area contributed by atoms with E-state index in [2.05, 4.69) is 15.2 Å². The van der Waals surface area contributed by atoms with E-state index in [1.807, 2.05) is 0 Å². The molecule has 1 unspecified atom stereocenters. The summed E-state index contributed by atoms with van der Waals surface area (Å²) in [7, 11) is -0.783. The number of hydrogen-bond acceptors (Lipinski definition) is 7. The second-order valence-electron chi connectivity index (χ2n) is 9.98. The van der Waals surface area contributed by atoms with Gasteiger partial charge in [0.1, 0.15) is 17.3 Å². The highest BCUT2D eigenvalue weighted by Gasteiger charge is 2.34. The van der Waals surface area contributed by atoms with Gasteiger partial charge < -0.3 is 24.7 Å². The Morgan fingerprint density at radius 1 is 1.19 bits per heavy atom. The summed E-state index contributed by atoms with van der Waals surface area (Å²) in [5.41, 5.74) is 2.42. The van der Waals surface area contributed by atoms with Crippen LogP contribution >= 0.6 is 0 Å². The Morgan fingerprint density at radius 2 is 1.88 bits per heavy atom. The second kappa shape index (κ2) is 12.0. The fraction of sp³-hybridized carbons (Fsp3) is 0.259. The van der Waals surface area contributed by atoms with E-state index >= 15 is 0 Å². The number of halogens is 4. The molecule has 2 aromatic carbocycles. The minimum absolute atomic E-state index is 0.0979. The van der Waals surface area contributed by atoms with Crippen molar-refractivity contribution >= 4 is 35.3 Å². The number of nitrogens with one attached hydrogen (secondary N) is 1. The Bertz CT molecular complexity index is 1700. The first-order valence-corrected chi connectivity index (χ1v) is 14.0. The summed E-state index contributed by atoms with van der Waals surface area (Å²) in [5, 5.41) is 26.0. The first-order valence-electron chi connectivity index (χ1n) is 13.0. The third-order valence-corrected chi connectivity index (χ3v) is 7.66. The van der Waals surface area contributed by atoms with Crippen LogP contribution in [0, 0.1) is 5.82 Å². The van der Waals surface area contributed by atoms with Crippen molar-refractivity contribution in [2.75, 3.05) is 7.05 Å². The molecular formula is C27H24BF4N4O6S-. The van der Waals surface area contributed by atoms with Gasteiger partial charge in [0.25, 0.3) is 5.91 Å². The SMILES string of the molecule is CNC(=O)c1c(-c2ccc(F)cc2)nn2cc(CN(Cc3ccc(B(O)O)c(OC(F)(F)F)c3)S(=O)[O-])c(C3CC3)cc12. The van der Waals surface area contributed by atoms with Gasteiger partial charge in [-0.15, -0.1) is 13.2 Å². The molecule has 0 saturated heterocycles. The molecule has 43 heavy (non-hydrogen) atoms. The number of alkyl halides is 3. The lowest BCUT2D eigenvalue weighted by molar-refractivity contribution is -0.274. The number of aromatic nitrogens is 2. The highest BCUT2D eigenvalue weighted by Crippen LogP contribution is 2.43. The molecule has 226 valence electrons. The number of ether oxygens (including phenoxy) is 1. The molecule has 2 heterocycles. The largest absolute Gasteiger partial charge is 0.760 e. The number of amides is 1. The van der Waals surface area contributed by atoms with Gasteiger partial charge in [-0.3, -0.25) is 9.00 Å². The minimum atomic E-state index is -5.12. The molecule has 1 amide bonds. The lowest BCUT2D eigenvalue weighted by Gasteiger charge is -2.26. The molecule has 4 aromatic rings. The molecule has 3 N–H and O–H groups in total. The third kappa shape index (κ3) is 6.89. The van der Waals surface area contributed by atoms with Crippen molar-refractivity contribution in [3.05, 3.63) is 82.8 Å². The van der Waals surface area contributed by atoms with Gasteiger partial charge in [-0.25, -0.2) is 13.2 Å². The van der Waals surface area contributed by atoms with Gasteiger partial charge in [0.05, 0.1) is 11.1 Å². The fourth-order valence-electron chi connectivity index (χ4n) is 4.87. The molecular weight excluding hydrogens is 595 g/mol. The zero-order chi connectivity index (χ0) is 31.1. The normalized spacial score (nSPS) is 14.3. The van der Waals surface area contributed by atoms with Crippen LogP contribution in [0.15, 0.2) is 54.7 Å². The molecule has 10 nitrogen and oxygen atoms in total. The standard InChI is InChI=1S/C27H25BF4N4O6S/c1-33-26(37)24-22-11-20(16-3-4-16)18(14-36(22)34-25(24)17-5-7-19(29)8-6-17)13-35(43(40)41)12-15-2-9-21(28(38)39)23(10-15)42-27(30,31)32/h2,5-11,14,16,38-39H,3-4,12-13H2,1H3,(H,33,37)(H,40,41)/p-1. The number of hydrogen-bond donors (Lipinski definition) is 3. The Kier molecular flexibility index (Phi) is 8.58. The predicted molar refractivity (Wildman–Crippen MR) is 147 cm³/mol. The molecule has 5 rings (SSSR count).